The summed E-state index contributed by atoms with van der Waals surface area (Å²) in [7, 11) is 0. The summed E-state index contributed by atoms with van der Waals surface area (Å²) in [6.45, 7) is 2.93. The summed E-state index contributed by atoms with van der Waals surface area (Å²) >= 11 is 0. The van der Waals surface area contributed by atoms with Crippen molar-refractivity contribution in [1.29, 1.82) is 0 Å². The highest BCUT2D eigenvalue weighted by Crippen LogP contribution is 2.33. The van der Waals surface area contributed by atoms with E-state index in [1.54, 1.807) is 38.1 Å². The Labute approximate surface area is 137 Å². The lowest BCUT2D eigenvalue weighted by Gasteiger charge is -2.30. The van der Waals surface area contributed by atoms with Crippen molar-refractivity contribution in [3.63, 3.8) is 0 Å². The lowest BCUT2D eigenvalue weighted by molar-refractivity contribution is -0.159. The van der Waals surface area contributed by atoms with E-state index in [-0.39, 0.29) is 5.82 Å². The molecule has 1 aliphatic heterocycles. The van der Waals surface area contributed by atoms with Gasteiger partial charge in [0.2, 0.25) is 6.10 Å². The van der Waals surface area contributed by atoms with Gasteiger partial charge < -0.3 is 24.1 Å². The zero-order chi connectivity index (χ0) is 17.1. The first-order valence-electron chi connectivity index (χ1n) is 7.35. The van der Waals surface area contributed by atoms with Crippen molar-refractivity contribution in [3.05, 3.63) is 36.1 Å². The van der Waals surface area contributed by atoms with Crippen LogP contribution in [-0.4, -0.2) is 35.8 Å². The first-order valence-corrected chi connectivity index (χ1v) is 7.35. The molecule has 126 valence electrons. The molecule has 24 heavy (non-hydrogen) atoms. The van der Waals surface area contributed by atoms with Gasteiger partial charge in [-0.1, -0.05) is 17.3 Å². The van der Waals surface area contributed by atoms with Gasteiger partial charge >= 0.3 is 5.97 Å². The number of rotatable bonds is 4. The number of aryl methyl sites for hydroxylation is 1. The molecule has 0 saturated carbocycles. The third-order valence-electron chi connectivity index (χ3n) is 3.32. The number of aromatic nitrogens is 1. The maximum Gasteiger partial charge on any atom is 0.351 e. The molecule has 1 aromatic heterocycles. The van der Waals surface area contributed by atoms with E-state index < -0.39 is 30.7 Å². The number of anilines is 1. The van der Waals surface area contributed by atoms with Crippen LogP contribution >= 0.6 is 0 Å². The first kappa shape index (κ1) is 15.9. The van der Waals surface area contributed by atoms with Crippen molar-refractivity contribution >= 4 is 17.7 Å². The molecule has 1 aliphatic rings. The summed E-state index contributed by atoms with van der Waals surface area (Å²) in [4.78, 5) is 23.9. The number of benzene rings is 1. The minimum absolute atomic E-state index is 0.257. The number of fused-ring (bicyclic) bond motifs is 1. The van der Waals surface area contributed by atoms with Crippen LogP contribution in [0.1, 0.15) is 12.7 Å². The lowest BCUT2D eigenvalue weighted by atomic mass is 10.2. The summed E-state index contributed by atoms with van der Waals surface area (Å²) in [5, 5.41) is 6.07. The molecule has 8 heteroatoms. The molecular weight excluding hydrogens is 316 g/mol. The Hall–Kier alpha value is -3.03. The Kier molecular flexibility index (Phi) is 4.37. The van der Waals surface area contributed by atoms with E-state index in [0.717, 1.165) is 0 Å². The highest BCUT2D eigenvalue weighted by molar-refractivity contribution is 5.92. The van der Waals surface area contributed by atoms with Crippen LogP contribution in [0.2, 0.25) is 0 Å². The van der Waals surface area contributed by atoms with Crippen LogP contribution in [0.5, 0.6) is 11.5 Å². The standard InChI is InChI=1S/C16H16N2O6/c1-9-7-13(18-24-9)17-14(19)8-21-16(20)15-10(2)22-11-5-3-4-6-12(11)23-15/h3-7,10,15H,8H2,1-2H3,(H,17,18,19)/t10-,15-/m0/s1. The SMILES string of the molecule is Cc1cc(NC(=O)COC(=O)[C@H]2Oc3ccccc3O[C@H]2C)no1. The Balaban J connectivity index is 1.54. The molecule has 2 atom stereocenters. The van der Waals surface area contributed by atoms with Gasteiger partial charge in [0.25, 0.3) is 5.91 Å². The number of esters is 1. The van der Waals surface area contributed by atoms with Crippen LogP contribution < -0.4 is 14.8 Å². The maximum atomic E-state index is 12.1. The normalized spacial score (nSPS) is 18.8. The minimum Gasteiger partial charge on any atom is -0.482 e. The van der Waals surface area contributed by atoms with Crippen LogP contribution in [0.15, 0.2) is 34.9 Å². The molecule has 1 amide bonds. The van der Waals surface area contributed by atoms with Crippen LogP contribution in [-0.2, 0) is 14.3 Å². The van der Waals surface area contributed by atoms with E-state index in [1.807, 2.05) is 6.07 Å². The van der Waals surface area contributed by atoms with Gasteiger partial charge in [0.15, 0.2) is 23.9 Å². The van der Waals surface area contributed by atoms with Crippen molar-refractivity contribution in [2.45, 2.75) is 26.1 Å². The first-order chi connectivity index (χ1) is 11.5. The van der Waals surface area contributed by atoms with Gasteiger partial charge in [-0.2, -0.15) is 0 Å². The fraction of sp³-hybridized carbons (Fsp3) is 0.312. The summed E-state index contributed by atoms with van der Waals surface area (Å²) < 4.78 is 21.0. The molecule has 2 aromatic rings. The number of ether oxygens (including phenoxy) is 3. The molecule has 0 aliphatic carbocycles. The third-order valence-corrected chi connectivity index (χ3v) is 3.32. The number of amides is 1. The molecule has 1 aromatic carbocycles. The van der Waals surface area contributed by atoms with Crippen molar-refractivity contribution < 1.29 is 28.3 Å². The van der Waals surface area contributed by atoms with E-state index >= 15 is 0 Å². The van der Waals surface area contributed by atoms with Gasteiger partial charge in [-0.15, -0.1) is 0 Å². The van der Waals surface area contributed by atoms with E-state index in [0.29, 0.717) is 17.3 Å². The Bertz CT molecular complexity index is 757. The molecule has 1 N–H and O–H groups in total. The quantitative estimate of drug-likeness (QED) is 0.850. The molecule has 0 spiro atoms. The Morgan fingerprint density at radius 3 is 2.62 bits per heavy atom. The molecule has 3 rings (SSSR count). The molecule has 0 saturated heterocycles. The van der Waals surface area contributed by atoms with Gasteiger partial charge in [0.05, 0.1) is 0 Å². The topological polar surface area (TPSA) is 99.9 Å². The molecule has 0 fully saturated rings. The highest BCUT2D eigenvalue weighted by atomic mass is 16.6. The molecule has 0 radical (unpaired) electrons. The van der Waals surface area contributed by atoms with E-state index in [1.165, 1.54) is 0 Å². The third kappa shape index (κ3) is 3.48. The Morgan fingerprint density at radius 1 is 1.25 bits per heavy atom. The number of nitrogens with zero attached hydrogens (tertiary/aromatic N) is 1. The van der Waals surface area contributed by atoms with Crippen LogP contribution in [0.4, 0.5) is 5.82 Å². The van der Waals surface area contributed by atoms with Crippen LogP contribution in [0, 0.1) is 6.92 Å². The predicted octanol–water partition coefficient (Wildman–Crippen LogP) is 1.69. The summed E-state index contributed by atoms with van der Waals surface area (Å²) in [5.41, 5.74) is 0. The van der Waals surface area contributed by atoms with Gasteiger partial charge in [-0.3, -0.25) is 4.79 Å². The molecule has 0 bridgehead atoms. The van der Waals surface area contributed by atoms with Crippen molar-refractivity contribution in [2.75, 3.05) is 11.9 Å². The monoisotopic (exact) mass is 332 g/mol. The van der Waals surface area contributed by atoms with Gasteiger partial charge in [0, 0.05) is 6.07 Å². The second kappa shape index (κ2) is 6.61. The molecular formula is C16H16N2O6. The van der Waals surface area contributed by atoms with Crippen LogP contribution in [0.25, 0.3) is 0 Å². The number of hydrogen-bond acceptors (Lipinski definition) is 7. The van der Waals surface area contributed by atoms with Crippen LogP contribution in [0.3, 0.4) is 0 Å². The van der Waals surface area contributed by atoms with Gasteiger partial charge in [-0.25, -0.2) is 4.79 Å². The number of carbonyl (C=O) groups excluding carboxylic acids is 2. The second-order valence-corrected chi connectivity index (χ2v) is 5.29. The second-order valence-electron chi connectivity index (χ2n) is 5.29. The number of hydrogen-bond donors (Lipinski definition) is 1. The molecule has 2 heterocycles. The minimum atomic E-state index is -0.943. The summed E-state index contributed by atoms with van der Waals surface area (Å²) in [5.74, 6) is 0.633. The highest BCUT2D eigenvalue weighted by Gasteiger charge is 2.35. The summed E-state index contributed by atoms with van der Waals surface area (Å²) in [6, 6.07) is 8.58. The van der Waals surface area contributed by atoms with E-state index in [4.69, 9.17) is 18.7 Å². The fourth-order valence-electron chi connectivity index (χ4n) is 2.20. The zero-order valence-corrected chi connectivity index (χ0v) is 13.1. The van der Waals surface area contributed by atoms with Crippen molar-refractivity contribution in [3.8, 4) is 11.5 Å². The van der Waals surface area contributed by atoms with Gasteiger partial charge in [0.1, 0.15) is 11.9 Å². The maximum absolute atomic E-state index is 12.1. The summed E-state index contributed by atoms with van der Waals surface area (Å²) in [6.07, 6.45) is -1.48. The molecule has 0 unspecified atom stereocenters. The van der Waals surface area contributed by atoms with Gasteiger partial charge in [-0.05, 0) is 26.0 Å². The van der Waals surface area contributed by atoms with E-state index in [9.17, 15) is 9.59 Å². The average Bonchev–Trinajstić information content (AvgIpc) is 2.96. The number of para-hydroxylation sites is 2. The number of nitrogens with one attached hydrogen (secondary N) is 1. The fourth-order valence-corrected chi connectivity index (χ4v) is 2.20. The average molecular weight is 332 g/mol. The zero-order valence-electron chi connectivity index (χ0n) is 13.1. The van der Waals surface area contributed by atoms with E-state index in [2.05, 4.69) is 10.5 Å². The van der Waals surface area contributed by atoms with Crippen molar-refractivity contribution in [1.82, 2.24) is 5.16 Å². The largest absolute Gasteiger partial charge is 0.482 e. The Morgan fingerprint density at radius 2 is 1.96 bits per heavy atom. The van der Waals surface area contributed by atoms with Crippen molar-refractivity contribution in [2.24, 2.45) is 0 Å². The molecule has 8 nitrogen and oxygen atoms in total. The number of carbonyl (C=O) groups is 2. The predicted molar refractivity (Wildman–Crippen MR) is 81.8 cm³/mol. The smallest absolute Gasteiger partial charge is 0.351 e. The lowest BCUT2D eigenvalue weighted by Crippen LogP contribution is -2.45.